The summed E-state index contributed by atoms with van der Waals surface area (Å²) in [6.07, 6.45) is 0. The Morgan fingerprint density at radius 2 is 1.53 bits per heavy atom. The lowest BCUT2D eigenvalue weighted by Crippen LogP contribution is -2.40. The molecule has 0 aliphatic carbocycles. The van der Waals surface area contributed by atoms with Gasteiger partial charge in [0.25, 0.3) is 0 Å². The SMILES string of the molecule is O=C(NNc1nc(N2CCOCC2)nc(N2CCOCC2)n1)Nc1cccc(Cl)c1. The fourth-order valence-electron chi connectivity index (χ4n) is 3.06. The molecule has 3 heterocycles. The highest BCUT2D eigenvalue weighted by molar-refractivity contribution is 6.30. The number of nitrogens with zero attached hydrogens (tertiary/aromatic N) is 5. The number of carbonyl (C=O) groups excluding carboxylic acids is 1. The van der Waals surface area contributed by atoms with Crippen LogP contribution in [-0.2, 0) is 9.47 Å². The van der Waals surface area contributed by atoms with Gasteiger partial charge in [-0.05, 0) is 18.2 Å². The lowest BCUT2D eigenvalue weighted by atomic mass is 10.3. The molecule has 2 aromatic rings. The number of aromatic nitrogens is 3. The van der Waals surface area contributed by atoms with E-state index >= 15 is 0 Å². The first-order valence-electron chi connectivity index (χ1n) is 9.67. The van der Waals surface area contributed by atoms with Crippen molar-refractivity contribution in [3.63, 3.8) is 0 Å². The third-order valence-electron chi connectivity index (χ3n) is 4.57. The molecule has 12 heteroatoms. The molecule has 0 bridgehead atoms. The number of anilines is 4. The summed E-state index contributed by atoms with van der Waals surface area (Å²) in [5, 5.41) is 3.22. The predicted octanol–water partition coefficient (Wildman–Crippen LogP) is 1.35. The van der Waals surface area contributed by atoms with Crippen LogP contribution in [0.15, 0.2) is 24.3 Å². The fourth-order valence-corrected chi connectivity index (χ4v) is 3.25. The number of hydrogen-bond acceptors (Lipinski definition) is 9. The minimum absolute atomic E-state index is 0.245. The Kier molecular flexibility index (Phi) is 6.62. The highest BCUT2D eigenvalue weighted by atomic mass is 35.5. The Balaban J connectivity index is 1.47. The van der Waals surface area contributed by atoms with Gasteiger partial charge in [0.1, 0.15) is 0 Å². The fraction of sp³-hybridized carbons (Fsp3) is 0.444. The minimum Gasteiger partial charge on any atom is -0.378 e. The van der Waals surface area contributed by atoms with Crippen molar-refractivity contribution < 1.29 is 14.3 Å². The summed E-state index contributed by atoms with van der Waals surface area (Å²) in [6, 6.07) is 6.39. The minimum atomic E-state index is -0.474. The van der Waals surface area contributed by atoms with E-state index < -0.39 is 6.03 Å². The van der Waals surface area contributed by atoms with Crippen LogP contribution in [0.25, 0.3) is 0 Å². The van der Waals surface area contributed by atoms with E-state index in [0.29, 0.717) is 75.2 Å². The molecule has 0 spiro atoms. The normalized spacial score (nSPS) is 16.8. The number of morpholine rings is 2. The van der Waals surface area contributed by atoms with Crippen molar-refractivity contribution in [3.05, 3.63) is 29.3 Å². The van der Waals surface area contributed by atoms with Crippen molar-refractivity contribution in [1.29, 1.82) is 0 Å². The van der Waals surface area contributed by atoms with E-state index in [1.165, 1.54) is 0 Å². The average molecular weight is 435 g/mol. The van der Waals surface area contributed by atoms with Crippen LogP contribution in [0.3, 0.4) is 0 Å². The second-order valence-electron chi connectivity index (χ2n) is 6.67. The highest BCUT2D eigenvalue weighted by Crippen LogP contribution is 2.18. The summed E-state index contributed by atoms with van der Waals surface area (Å²) >= 11 is 5.94. The smallest absolute Gasteiger partial charge is 0.337 e. The molecule has 11 nitrogen and oxygen atoms in total. The number of nitrogens with one attached hydrogen (secondary N) is 3. The molecule has 0 atom stereocenters. The molecule has 2 saturated heterocycles. The first kappa shape index (κ1) is 20.4. The molecule has 2 aliphatic rings. The van der Waals surface area contributed by atoms with Crippen molar-refractivity contribution >= 4 is 41.2 Å². The molecule has 0 radical (unpaired) electrons. The molecule has 2 amide bonds. The van der Waals surface area contributed by atoms with Crippen LogP contribution in [0.2, 0.25) is 5.02 Å². The first-order valence-corrected chi connectivity index (χ1v) is 10.1. The molecule has 2 fully saturated rings. The predicted molar refractivity (Wildman–Crippen MR) is 113 cm³/mol. The molecule has 30 heavy (non-hydrogen) atoms. The number of hydrazine groups is 1. The molecule has 0 unspecified atom stereocenters. The van der Waals surface area contributed by atoms with E-state index in [9.17, 15) is 4.79 Å². The number of urea groups is 1. The third kappa shape index (κ3) is 5.38. The number of hydrogen-bond donors (Lipinski definition) is 3. The molecule has 160 valence electrons. The van der Waals surface area contributed by atoms with Gasteiger partial charge in [0, 0.05) is 36.9 Å². The monoisotopic (exact) mass is 434 g/mol. The topological polar surface area (TPSA) is 117 Å². The lowest BCUT2D eigenvalue weighted by molar-refractivity contribution is 0.121. The van der Waals surface area contributed by atoms with Gasteiger partial charge in [-0.2, -0.15) is 15.0 Å². The zero-order chi connectivity index (χ0) is 20.8. The van der Waals surface area contributed by atoms with Crippen LogP contribution in [-0.4, -0.2) is 73.6 Å². The maximum Gasteiger partial charge on any atom is 0.337 e. The van der Waals surface area contributed by atoms with Crippen molar-refractivity contribution in [2.24, 2.45) is 0 Å². The van der Waals surface area contributed by atoms with Crippen LogP contribution in [0.1, 0.15) is 0 Å². The molecule has 3 N–H and O–H groups in total. The summed E-state index contributed by atoms with van der Waals surface area (Å²) < 4.78 is 10.8. The molecule has 2 aliphatic heterocycles. The van der Waals surface area contributed by atoms with E-state index in [-0.39, 0.29) is 5.95 Å². The number of halogens is 1. The van der Waals surface area contributed by atoms with Gasteiger partial charge in [-0.1, -0.05) is 17.7 Å². The second kappa shape index (κ2) is 9.74. The Bertz CT molecular complexity index is 838. The maximum atomic E-state index is 12.2. The van der Waals surface area contributed by atoms with Crippen LogP contribution in [0.5, 0.6) is 0 Å². The lowest BCUT2D eigenvalue weighted by Gasteiger charge is -2.30. The molecule has 0 saturated carbocycles. The number of ether oxygens (including phenoxy) is 2. The van der Waals surface area contributed by atoms with E-state index in [4.69, 9.17) is 21.1 Å². The van der Waals surface area contributed by atoms with E-state index in [2.05, 4.69) is 31.1 Å². The van der Waals surface area contributed by atoms with Gasteiger partial charge in [-0.15, -0.1) is 0 Å². The van der Waals surface area contributed by atoms with Crippen LogP contribution in [0.4, 0.5) is 28.3 Å². The molecular formula is C18H23ClN8O3. The van der Waals surface area contributed by atoms with Gasteiger partial charge in [0.05, 0.1) is 26.4 Å². The van der Waals surface area contributed by atoms with Crippen LogP contribution < -0.4 is 26.0 Å². The zero-order valence-electron chi connectivity index (χ0n) is 16.3. The van der Waals surface area contributed by atoms with Gasteiger partial charge in [0.15, 0.2) is 0 Å². The van der Waals surface area contributed by atoms with Gasteiger partial charge in [-0.3, -0.25) is 5.43 Å². The number of carbonyl (C=O) groups is 1. The number of benzene rings is 1. The van der Waals surface area contributed by atoms with Gasteiger partial charge in [-0.25, -0.2) is 10.2 Å². The number of amides is 2. The van der Waals surface area contributed by atoms with Crippen molar-refractivity contribution in [1.82, 2.24) is 20.4 Å². The van der Waals surface area contributed by atoms with E-state index in [1.807, 2.05) is 9.80 Å². The highest BCUT2D eigenvalue weighted by Gasteiger charge is 2.20. The van der Waals surface area contributed by atoms with Crippen LogP contribution >= 0.6 is 11.6 Å². The number of rotatable bonds is 5. The van der Waals surface area contributed by atoms with Gasteiger partial charge >= 0.3 is 6.03 Å². The van der Waals surface area contributed by atoms with Gasteiger partial charge in [0.2, 0.25) is 17.8 Å². The van der Waals surface area contributed by atoms with Crippen molar-refractivity contribution in [2.75, 3.05) is 73.1 Å². The Labute approximate surface area is 178 Å². The summed E-state index contributed by atoms with van der Waals surface area (Å²) in [6.45, 7) is 5.21. The van der Waals surface area contributed by atoms with E-state index in [0.717, 1.165) is 0 Å². The average Bonchev–Trinajstić information content (AvgIpc) is 2.79. The van der Waals surface area contributed by atoms with Crippen LogP contribution in [0, 0.1) is 0 Å². The Hall–Kier alpha value is -2.89. The second-order valence-corrected chi connectivity index (χ2v) is 7.11. The zero-order valence-corrected chi connectivity index (χ0v) is 17.1. The molecule has 1 aromatic carbocycles. The van der Waals surface area contributed by atoms with Crippen molar-refractivity contribution in [2.45, 2.75) is 0 Å². The summed E-state index contributed by atoms with van der Waals surface area (Å²) in [5.41, 5.74) is 5.88. The largest absolute Gasteiger partial charge is 0.378 e. The first-order chi connectivity index (χ1) is 14.7. The third-order valence-corrected chi connectivity index (χ3v) is 4.81. The Morgan fingerprint density at radius 3 is 2.10 bits per heavy atom. The molecule has 4 rings (SSSR count). The maximum absolute atomic E-state index is 12.2. The summed E-state index contributed by atoms with van der Waals surface area (Å²) in [7, 11) is 0. The summed E-state index contributed by atoms with van der Waals surface area (Å²) in [5.74, 6) is 1.32. The Morgan fingerprint density at radius 1 is 0.933 bits per heavy atom. The van der Waals surface area contributed by atoms with E-state index in [1.54, 1.807) is 24.3 Å². The van der Waals surface area contributed by atoms with Gasteiger partial charge < -0.3 is 24.6 Å². The standard InChI is InChI=1S/C18H23ClN8O3/c19-13-2-1-3-14(12-13)20-18(28)25-24-15-21-16(26-4-8-29-9-5-26)23-17(22-15)27-6-10-30-11-7-27/h1-3,12H,4-11H2,(H2,20,25,28)(H,21,22,23,24). The summed E-state index contributed by atoms with van der Waals surface area (Å²) in [4.78, 5) is 29.8. The quantitative estimate of drug-likeness (QED) is 0.599. The molecule has 1 aromatic heterocycles. The van der Waals surface area contributed by atoms with Crippen molar-refractivity contribution in [3.8, 4) is 0 Å². The molecular weight excluding hydrogens is 412 g/mol.